The van der Waals surface area contributed by atoms with Gasteiger partial charge in [0.05, 0.1) is 0 Å². The highest BCUT2D eigenvalue weighted by Gasteiger charge is 2.09. The van der Waals surface area contributed by atoms with E-state index in [0.29, 0.717) is 22.0 Å². The molecule has 0 saturated heterocycles. The number of rotatable bonds is 6. The highest BCUT2D eigenvalue weighted by molar-refractivity contribution is 6.30. The quantitative estimate of drug-likeness (QED) is 0.587. The van der Waals surface area contributed by atoms with Crippen LogP contribution in [0, 0.1) is 13.8 Å². The van der Waals surface area contributed by atoms with E-state index in [1.54, 1.807) is 48.5 Å². The molecule has 0 aliphatic rings. The zero-order valence-corrected chi connectivity index (χ0v) is 16.9. The zero-order valence-electron chi connectivity index (χ0n) is 16.2. The molecule has 2 N–H and O–H groups in total. The lowest BCUT2D eigenvalue weighted by Gasteiger charge is -2.10. The highest BCUT2D eigenvalue weighted by Crippen LogP contribution is 2.19. The van der Waals surface area contributed by atoms with Crippen LogP contribution in [0.4, 0.5) is 11.4 Å². The topological polar surface area (TPSA) is 67.4 Å². The second-order valence-electron chi connectivity index (χ2n) is 6.64. The predicted octanol–water partition coefficient (Wildman–Crippen LogP) is 5.23. The Balaban J connectivity index is 1.55. The number of anilines is 2. The first-order valence-corrected chi connectivity index (χ1v) is 9.45. The van der Waals surface area contributed by atoms with Crippen LogP contribution in [0.5, 0.6) is 5.75 Å². The lowest BCUT2D eigenvalue weighted by atomic mass is 10.1. The third-order valence-electron chi connectivity index (χ3n) is 4.24. The van der Waals surface area contributed by atoms with Gasteiger partial charge in [-0.05, 0) is 73.5 Å². The maximum Gasteiger partial charge on any atom is 0.262 e. The molecule has 2 amide bonds. The van der Waals surface area contributed by atoms with Gasteiger partial charge in [-0.25, -0.2) is 0 Å². The molecule has 3 aromatic carbocycles. The van der Waals surface area contributed by atoms with Gasteiger partial charge in [0.1, 0.15) is 5.75 Å². The Bertz CT molecular complexity index is 1030. The van der Waals surface area contributed by atoms with Gasteiger partial charge in [-0.2, -0.15) is 0 Å². The summed E-state index contributed by atoms with van der Waals surface area (Å²) in [5, 5.41) is 6.16. The number of aryl methyl sites for hydroxylation is 2. The number of hydrogen-bond donors (Lipinski definition) is 2. The molecule has 0 atom stereocenters. The highest BCUT2D eigenvalue weighted by atomic mass is 35.5. The maximum absolute atomic E-state index is 12.5. The summed E-state index contributed by atoms with van der Waals surface area (Å²) in [5.41, 5.74) is 3.96. The van der Waals surface area contributed by atoms with Crippen molar-refractivity contribution in [2.24, 2.45) is 0 Å². The summed E-state index contributed by atoms with van der Waals surface area (Å²) in [4.78, 5) is 24.5. The molecule has 29 heavy (non-hydrogen) atoms. The lowest BCUT2D eigenvalue weighted by Crippen LogP contribution is -2.20. The van der Waals surface area contributed by atoms with Crippen LogP contribution in [0.1, 0.15) is 21.5 Å². The van der Waals surface area contributed by atoms with E-state index in [9.17, 15) is 9.59 Å². The first-order chi connectivity index (χ1) is 13.9. The molecule has 0 aliphatic carbocycles. The van der Waals surface area contributed by atoms with E-state index in [2.05, 4.69) is 10.6 Å². The monoisotopic (exact) mass is 408 g/mol. The van der Waals surface area contributed by atoms with Crippen molar-refractivity contribution in [2.75, 3.05) is 17.2 Å². The second kappa shape index (κ2) is 9.26. The Kier molecular flexibility index (Phi) is 6.52. The Morgan fingerprint density at radius 1 is 0.931 bits per heavy atom. The second-order valence-corrected chi connectivity index (χ2v) is 7.08. The van der Waals surface area contributed by atoms with E-state index in [1.165, 1.54) is 0 Å². The molecule has 0 saturated carbocycles. The third kappa shape index (κ3) is 5.83. The van der Waals surface area contributed by atoms with Crippen LogP contribution < -0.4 is 15.4 Å². The fraction of sp³-hybridized carbons (Fsp3) is 0.130. The van der Waals surface area contributed by atoms with Gasteiger partial charge < -0.3 is 15.4 Å². The number of nitrogens with one attached hydrogen (secondary N) is 2. The number of carbonyl (C=O) groups excluding carboxylic acids is 2. The summed E-state index contributed by atoms with van der Waals surface area (Å²) in [6, 6.07) is 19.4. The van der Waals surface area contributed by atoms with Crippen LogP contribution in [0.2, 0.25) is 5.02 Å². The van der Waals surface area contributed by atoms with Crippen molar-refractivity contribution in [1.29, 1.82) is 0 Å². The van der Waals surface area contributed by atoms with Crippen molar-refractivity contribution < 1.29 is 14.3 Å². The van der Waals surface area contributed by atoms with Gasteiger partial charge >= 0.3 is 0 Å². The van der Waals surface area contributed by atoms with E-state index in [4.69, 9.17) is 16.3 Å². The number of carbonyl (C=O) groups is 2. The average Bonchev–Trinajstić information content (AvgIpc) is 2.69. The average molecular weight is 409 g/mol. The molecule has 148 valence electrons. The maximum atomic E-state index is 12.5. The number of halogens is 1. The van der Waals surface area contributed by atoms with Crippen molar-refractivity contribution in [1.82, 2.24) is 0 Å². The van der Waals surface area contributed by atoms with Crippen molar-refractivity contribution in [3.05, 3.63) is 88.4 Å². The minimum Gasteiger partial charge on any atom is -0.484 e. The molecule has 0 aromatic heterocycles. The van der Waals surface area contributed by atoms with Crippen molar-refractivity contribution >= 4 is 34.8 Å². The number of amides is 2. The van der Waals surface area contributed by atoms with Crippen molar-refractivity contribution in [2.45, 2.75) is 13.8 Å². The molecule has 6 heteroatoms. The standard InChI is InChI=1S/C23H21ClN2O3/c1-15-6-7-16(2)21(12-15)26-23(28)17-8-10-20(11-9-17)29-14-22(27)25-19-5-3-4-18(24)13-19/h3-13H,14H2,1-2H3,(H,25,27)(H,26,28). The predicted molar refractivity (Wildman–Crippen MR) is 116 cm³/mol. The summed E-state index contributed by atoms with van der Waals surface area (Å²) in [6.07, 6.45) is 0. The molecule has 0 aliphatic heterocycles. The summed E-state index contributed by atoms with van der Waals surface area (Å²) in [5.74, 6) is -0.0116. The minimum absolute atomic E-state index is 0.152. The normalized spacial score (nSPS) is 10.3. The van der Waals surface area contributed by atoms with E-state index >= 15 is 0 Å². The molecule has 0 fully saturated rings. The molecular weight excluding hydrogens is 388 g/mol. The Hall–Kier alpha value is -3.31. The van der Waals surface area contributed by atoms with Crippen molar-refractivity contribution in [3.63, 3.8) is 0 Å². The molecule has 0 heterocycles. The van der Waals surface area contributed by atoms with Crippen LogP contribution in [0.25, 0.3) is 0 Å². The Morgan fingerprint density at radius 3 is 2.41 bits per heavy atom. The van der Waals surface area contributed by atoms with Crippen LogP contribution in [0.3, 0.4) is 0 Å². The molecule has 0 unspecified atom stereocenters. The van der Waals surface area contributed by atoms with E-state index in [1.807, 2.05) is 32.0 Å². The fourth-order valence-corrected chi connectivity index (χ4v) is 2.87. The van der Waals surface area contributed by atoms with Gasteiger partial charge in [-0.15, -0.1) is 0 Å². The molecule has 3 rings (SSSR count). The van der Waals surface area contributed by atoms with Gasteiger partial charge in [0.2, 0.25) is 0 Å². The molecule has 3 aromatic rings. The van der Waals surface area contributed by atoms with Crippen LogP contribution in [-0.2, 0) is 4.79 Å². The Labute approximate surface area is 174 Å². The summed E-state index contributed by atoms with van der Waals surface area (Å²) >= 11 is 5.89. The van der Waals surface area contributed by atoms with E-state index < -0.39 is 0 Å². The number of hydrogen-bond acceptors (Lipinski definition) is 3. The lowest BCUT2D eigenvalue weighted by molar-refractivity contribution is -0.118. The first kappa shape index (κ1) is 20.4. The Morgan fingerprint density at radius 2 is 1.69 bits per heavy atom. The van der Waals surface area contributed by atoms with Crippen LogP contribution in [0.15, 0.2) is 66.7 Å². The van der Waals surface area contributed by atoms with Gasteiger partial charge in [0, 0.05) is 22.0 Å². The van der Waals surface area contributed by atoms with E-state index in [0.717, 1.165) is 16.8 Å². The summed E-state index contributed by atoms with van der Waals surface area (Å²) < 4.78 is 5.48. The van der Waals surface area contributed by atoms with Gasteiger partial charge in [-0.3, -0.25) is 9.59 Å². The van der Waals surface area contributed by atoms with Crippen LogP contribution >= 0.6 is 11.6 Å². The fourth-order valence-electron chi connectivity index (χ4n) is 2.68. The first-order valence-electron chi connectivity index (χ1n) is 9.07. The van der Waals surface area contributed by atoms with Crippen LogP contribution in [-0.4, -0.2) is 18.4 Å². The molecular formula is C23H21ClN2O3. The third-order valence-corrected chi connectivity index (χ3v) is 4.47. The number of ether oxygens (including phenoxy) is 1. The van der Waals surface area contributed by atoms with E-state index in [-0.39, 0.29) is 18.4 Å². The molecule has 0 bridgehead atoms. The zero-order chi connectivity index (χ0) is 20.8. The molecule has 0 spiro atoms. The smallest absolute Gasteiger partial charge is 0.262 e. The summed E-state index contributed by atoms with van der Waals surface area (Å²) in [6.45, 7) is 3.77. The SMILES string of the molecule is Cc1ccc(C)c(NC(=O)c2ccc(OCC(=O)Nc3cccc(Cl)c3)cc2)c1. The molecule has 5 nitrogen and oxygen atoms in total. The molecule has 0 radical (unpaired) electrons. The summed E-state index contributed by atoms with van der Waals surface area (Å²) in [7, 11) is 0. The number of benzene rings is 3. The minimum atomic E-state index is -0.302. The van der Waals surface area contributed by atoms with Gasteiger partial charge in [-0.1, -0.05) is 29.8 Å². The van der Waals surface area contributed by atoms with Crippen molar-refractivity contribution in [3.8, 4) is 5.75 Å². The largest absolute Gasteiger partial charge is 0.484 e. The van der Waals surface area contributed by atoms with Gasteiger partial charge in [0.15, 0.2) is 6.61 Å². The van der Waals surface area contributed by atoms with Gasteiger partial charge in [0.25, 0.3) is 11.8 Å².